The SMILES string of the molecule is Cc1cc(C(N)CC2CC2)ccc1N1CCCC1. The molecule has 1 aliphatic heterocycles. The molecule has 98 valence electrons. The summed E-state index contributed by atoms with van der Waals surface area (Å²) in [6.45, 7) is 4.66. The minimum Gasteiger partial charge on any atom is -0.371 e. The Morgan fingerprint density at radius 3 is 2.61 bits per heavy atom. The van der Waals surface area contributed by atoms with Crippen LogP contribution in [0.5, 0.6) is 0 Å². The molecule has 1 saturated carbocycles. The van der Waals surface area contributed by atoms with Crippen molar-refractivity contribution in [3.63, 3.8) is 0 Å². The molecule has 18 heavy (non-hydrogen) atoms. The summed E-state index contributed by atoms with van der Waals surface area (Å²) in [4.78, 5) is 2.51. The third-order valence-electron chi connectivity index (χ3n) is 4.38. The van der Waals surface area contributed by atoms with E-state index in [0.717, 1.165) is 5.92 Å². The molecule has 1 saturated heterocycles. The molecule has 2 fully saturated rings. The summed E-state index contributed by atoms with van der Waals surface area (Å²) in [6, 6.07) is 7.07. The van der Waals surface area contributed by atoms with Crippen molar-refractivity contribution in [2.24, 2.45) is 11.7 Å². The van der Waals surface area contributed by atoms with Gasteiger partial charge in [-0.3, -0.25) is 0 Å². The highest BCUT2D eigenvalue weighted by atomic mass is 15.1. The zero-order valence-electron chi connectivity index (χ0n) is 11.4. The van der Waals surface area contributed by atoms with Gasteiger partial charge in [0.2, 0.25) is 0 Å². The fourth-order valence-electron chi connectivity index (χ4n) is 3.07. The van der Waals surface area contributed by atoms with Crippen LogP contribution in [0.1, 0.15) is 49.3 Å². The van der Waals surface area contributed by atoms with Crippen molar-refractivity contribution in [1.29, 1.82) is 0 Å². The number of anilines is 1. The zero-order valence-corrected chi connectivity index (χ0v) is 11.4. The van der Waals surface area contributed by atoms with Gasteiger partial charge >= 0.3 is 0 Å². The number of nitrogens with two attached hydrogens (primary N) is 1. The molecule has 2 N–H and O–H groups in total. The van der Waals surface area contributed by atoms with E-state index in [-0.39, 0.29) is 6.04 Å². The number of benzene rings is 1. The summed E-state index contributed by atoms with van der Waals surface area (Å²) in [7, 11) is 0. The Balaban J connectivity index is 1.74. The van der Waals surface area contributed by atoms with Gasteiger partial charge in [0.1, 0.15) is 0 Å². The number of hydrogen-bond acceptors (Lipinski definition) is 2. The maximum absolute atomic E-state index is 6.29. The van der Waals surface area contributed by atoms with Crippen LogP contribution < -0.4 is 10.6 Å². The molecule has 0 aromatic heterocycles. The number of nitrogens with zero attached hydrogens (tertiary/aromatic N) is 1. The molecular formula is C16H24N2. The number of aryl methyl sites for hydroxylation is 1. The summed E-state index contributed by atoms with van der Waals surface area (Å²) in [5.74, 6) is 0.901. The average molecular weight is 244 g/mol. The monoisotopic (exact) mass is 244 g/mol. The minimum absolute atomic E-state index is 0.240. The lowest BCUT2D eigenvalue weighted by molar-refractivity contribution is 0.596. The second-order valence-corrected chi connectivity index (χ2v) is 6.03. The highest BCUT2D eigenvalue weighted by molar-refractivity contribution is 5.55. The van der Waals surface area contributed by atoms with Gasteiger partial charge in [-0.15, -0.1) is 0 Å². The molecular weight excluding hydrogens is 220 g/mol. The van der Waals surface area contributed by atoms with Crippen molar-refractivity contribution < 1.29 is 0 Å². The Morgan fingerprint density at radius 1 is 1.28 bits per heavy atom. The van der Waals surface area contributed by atoms with Crippen LogP contribution in [0.3, 0.4) is 0 Å². The Morgan fingerprint density at radius 2 is 2.00 bits per heavy atom. The Labute approximate surface area is 110 Å². The first kappa shape index (κ1) is 12.0. The lowest BCUT2D eigenvalue weighted by Crippen LogP contribution is -2.19. The van der Waals surface area contributed by atoms with E-state index in [0.29, 0.717) is 0 Å². The molecule has 0 bridgehead atoms. The summed E-state index contributed by atoms with van der Waals surface area (Å²) in [5.41, 5.74) is 10.4. The number of rotatable bonds is 4. The summed E-state index contributed by atoms with van der Waals surface area (Å²) < 4.78 is 0. The normalized spacial score (nSPS) is 21.3. The largest absolute Gasteiger partial charge is 0.371 e. The third kappa shape index (κ3) is 2.54. The summed E-state index contributed by atoms with van der Waals surface area (Å²) in [6.07, 6.45) is 6.62. The summed E-state index contributed by atoms with van der Waals surface area (Å²) in [5, 5.41) is 0. The molecule has 3 rings (SSSR count). The average Bonchev–Trinajstić information content (AvgIpc) is 3.01. The van der Waals surface area contributed by atoms with Gasteiger partial charge in [0.25, 0.3) is 0 Å². The van der Waals surface area contributed by atoms with E-state index >= 15 is 0 Å². The lowest BCUT2D eigenvalue weighted by Gasteiger charge is -2.22. The molecule has 1 heterocycles. The molecule has 1 atom stereocenters. The lowest BCUT2D eigenvalue weighted by atomic mass is 9.99. The maximum atomic E-state index is 6.29. The standard InChI is InChI=1S/C16H24N2/c1-12-10-14(15(17)11-13-4-5-13)6-7-16(12)18-8-2-3-9-18/h6-7,10,13,15H,2-5,8-9,11,17H2,1H3. The van der Waals surface area contributed by atoms with Crippen LogP contribution in [-0.4, -0.2) is 13.1 Å². The molecule has 0 radical (unpaired) electrons. The quantitative estimate of drug-likeness (QED) is 0.879. The third-order valence-corrected chi connectivity index (χ3v) is 4.38. The van der Waals surface area contributed by atoms with Gasteiger partial charge in [-0.2, -0.15) is 0 Å². The Kier molecular flexibility index (Phi) is 3.29. The van der Waals surface area contributed by atoms with Gasteiger partial charge in [-0.1, -0.05) is 25.0 Å². The van der Waals surface area contributed by atoms with Crippen molar-refractivity contribution >= 4 is 5.69 Å². The van der Waals surface area contributed by atoms with Gasteiger partial charge in [0.15, 0.2) is 0 Å². The van der Waals surface area contributed by atoms with Gasteiger partial charge in [-0.25, -0.2) is 0 Å². The molecule has 0 spiro atoms. The smallest absolute Gasteiger partial charge is 0.0396 e. The van der Waals surface area contributed by atoms with E-state index in [4.69, 9.17) is 5.73 Å². The molecule has 1 aromatic carbocycles. The molecule has 2 aliphatic rings. The zero-order chi connectivity index (χ0) is 12.5. The van der Waals surface area contributed by atoms with Crippen molar-refractivity contribution in [3.05, 3.63) is 29.3 Å². The van der Waals surface area contributed by atoms with E-state index in [1.165, 1.54) is 62.0 Å². The fourth-order valence-corrected chi connectivity index (χ4v) is 3.07. The van der Waals surface area contributed by atoms with E-state index in [1.807, 2.05) is 0 Å². The van der Waals surface area contributed by atoms with Crippen molar-refractivity contribution in [2.75, 3.05) is 18.0 Å². The molecule has 1 aromatic rings. The fraction of sp³-hybridized carbons (Fsp3) is 0.625. The van der Waals surface area contributed by atoms with Crippen LogP contribution in [0.2, 0.25) is 0 Å². The number of hydrogen-bond donors (Lipinski definition) is 1. The van der Waals surface area contributed by atoms with Crippen LogP contribution in [0.4, 0.5) is 5.69 Å². The second kappa shape index (κ2) is 4.93. The van der Waals surface area contributed by atoms with Crippen molar-refractivity contribution in [3.8, 4) is 0 Å². The Bertz CT molecular complexity index is 417. The van der Waals surface area contributed by atoms with Crippen LogP contribution >= 0.6 is 0 Å². The van der Waals surface area contributed by atoms with E-state index < -0.39 is 0 Å². The van der Waals surface area contributed by atoms with Crippen molar-refractivity contribution in [2.45, 2.75) is 45.1 Å². The molecule has 1 unspecified atom stereocenters. The first-order valence-corrected chi connectivity index (χ1v) is 7.35. The van der Waals surface area contributed by atoms with E-state index in [9.17, 15) is 0 Å². The Hall–Kier alpha value is -1.02. The molecule has 0 amide bonds. The molecule has 2 heteroatoms. The van der Waals surface area contributed by atoms with Gasteiger partial charge in [-0.05, 0) is 49.3 Å². The van der Waals surface area contributed by atoms with Gasteiger partial charge in [0, 0.05) is 24.8 Å². The van der Waals surface area contributed by atoms with Crippen LogP contribution in [0.25, 0.3) is 0 Å². The highest BCUT2D eigenvalue weighted by Gasteiger charge is 2.24. The first-order chi connectivity index (χ1) is 8.74. The van der Waals surface area contributed by atoms with Crippen LogP contribution in [-0.2, 0) is 0 Å². The predicted octanol–water partition coefficient (Wildman–Crippen LogP) is 3.40. The van der Waals surface area contributed by atoms with Gasteiger partial charge in [0.05, 0.1) is 0 Å². The topological polar surface area (TPSA) is 29.3 Å². The summed E-state index contributed by atoms with van der Waals surface area (Å²) >= 11 is 0. The second-order valence-electron chi connectivity index (χ2n) is 6.03. The highest BCUT2D eigenvalue weighted by Crippen LogP contribution is 2.37. The van der Waals surface area contributed by atoms with Crippen molar-refractivity contribution in [1.82, 2.24) is 0 Å². The maximum Gasteiger partial charge on any atom is 0.0396 e. The first-order valence-electron chi connectivity index (χ1n) is 7.35. The van der Waals surface area contributed by atoms with Gasteiger partial charge < -0.3 is 10.6 Å². The van der Waals surface area contributed by atoms with Crippen LogP contribution in [0.15, 0.2) is 18.2 Å². The predicted molar refractivity (Wildman–Crippen MR) is 76.9 cm³/mol. The van der Waals surface area contributed by atoms with Crippen LogP contribution in [0, 0.1) is 12.8 Å². The van der Waals surface area contributed by atoms with E-state index in [2.05, 4.69) is 30.0 Å². The molecule has 2 nitrogen and oxygen atoms in total. The minimum atomic E-state index is 0.240. The van der Waals surface area contributed by atoms with E-state index in [1.54, 1.807) is 0 Å². The molecule has 1 aliphatic carbocycles.